The Balaban J connectivity index is 2.67. The molecule has 0 aliphatic carbocycles. The van der Waals surface area contributed by atoms with Crippen LogP contribution in [0.25, 0.3) is 0 Å². The molecule has 0 aromatic carbocycles. The first-order valence-corrected chi connectivity index (χ1v) is 4.18. The molecule has 5 nitrogen and oxygen atoms in total. The van der Waals surface area contributed by atoms with Gasteiger partial charge in [-0.25, -0.2) is 0 Å². The van der Waals surface area contributed by atoms with E-state index in [-0.39, 0.29) is 0 Å². The van der Waals surface area contributed by atoms with E-state index in [1.54, 1.807) is 0 Å². The molecular weight excluding hydrogens is 174 g/mol. The van der Waals surface area contributed by atoms with Gasteiger partial charge >= 0.3 is 11.9 Å². The summed E-state index contributed by atoms with van der Waals surface area (Å²) in [7, 11) is 1.27. The Bertz CT molecular complexity index is 216. The van der Waals surface area contributed by atoms with Crippen molar-refractivity contribution < 1.29 is 19.4 Å². The van der Waals surface area contributed by atoms with Crippen LogP contribution in [0.4, 0.5) is 0 Å². The minimum Gasteiger partial charge on any atom is -0.481 e. The minimum atomic E-state index is -0.920. The van der Waals surface area contributed by atoms with Crippen molar-refractivity contribution in [2.24, 2.45) is 11.8 Å². The summed E-state index contributed by atoms with van der Waals surface area (Å²) >= 11 is 0. The van der Waals surface area contributed by atoms with Gasteiger partial charge in [0.2, 0.25) is 0 Å². The van der Waals surface area contributed by atoms with E-state index in [4.69, 9.17) is 5.11 Å². The van der Waals surface area contributed by atoms with Gasteiger partial charge in [-0.1, -0.05) is 0 Å². The van der Waals surface area contributed by atoms with Crippen molar-refractivity contribution in [1.29, 1.82) is 0 Å². The lowest BCUT2D eigenvalue weighted by Gasteiger charge is -2.26. The first kappa shape index (κ1) is 9.98. The van der Waals surface area contributed by atoms with E-state index in [1.165, 1.54) is 7.11 Å². The first-order valence-electron chi connectivity index (χ1n) is 4.18. The van der Waals surface area contributed by atoms with E-state index < -0.39 is 23.8 Å². The number of ether oxygens (including phenoxy) is 1. The second-order valence-corrected chi connectivity index (χ2v) is 3.07. The fourth-order valence-corrected chi connectivity index (χ4v) is 1.55. The van der Waals surface area contributed by atoms with Gasteiger partial charge in [-0.05, 0) is 13.0 Å². The standard InChI is InChI=1S/C8H13NO4/c1-13-8(12)6-4-9-3-2-5(6)7(10)11/h5-6,9H,2-4H2,1H3,(H,10,11)/t5-,6+/m1/s1. The number of esters is 1. The molecule has 1 heterocycles. The number of carbonyl (C=O) groups is 2. The van der Waals surface area contributed by atoms with Crippen LogP contribution in [0, 0.1) is 11.8 Å². The molecule has 74 valence electrons. The second-order valence-electron chi connectivity index (χ2n) is 3.07. The average Bonchev–Trinajstić information content (AvgIpc) is 2.16. The molecular formula is C8H13NO4. The highest BCUT2D eigenvalue weighted by molar-refractivity contribution is 5.81. The van der Waals surface area contributed by atoms with Gasteiger partial charge < -0.3 is 15.2 Å². The molecule has 0 unspecified atom stereocenters. The molecule has 0 amide bonds. The molecule has 0 spiro atoms. The van der Waals surface area contributed by atoms with Gasteiger partial charge in [0.15, 0.2) is 0 Å². The monoisotopic (exact) mass is 187 g/mol. The van der Waals surface area contributed by atoms with Gasteiger partial charge in [0.05, 0.1) is 18.9 Å². The molecule has 2 atom stereocenters. The van der Waals surface area contributed by atoms with Gasteiger partial charge in [0.25, 0.3) is 0 Å². The fraction of sp³-hybridized carbons (Fsp3) is 0.750. The number of hydrogen-bond acceptors (Lipinski definition) is 4. The lowest BCUT2D eigenvalue weighted by molar-refractivity contribution is -0.156. The molecule has 0 radical (unpaired) electrons. The van der Waals surface area contributed by atoms with E-state index in [9.17, 15) is 9.59 Å². The Morgan fingerprint density at radius 3 is 2.69 bits per heavy atom. The van der Waals surface area contributed by atoms with E-state index in [0.29, 0.717) is 19.5 Å². The molecule has 1 fully saturated rings. The number of carboxylic acids is 1. The Labute approximate surface area is 76.1 Å². The third-order valence-electron chi connectivity index (χ3n) is 2.30. The molecule has 0 aromatic heterocycles. The number of carboxylic acid groups (broad SMARTS) is 1. The lowest BCUT2D eigenvalue weighted by atomic mass is 9.86. The number of carbonyl (C=O) groups excluding carboxylic acids is 1. The van der Waals surface area contributed by atoms with E-state index in [1.807, 2.05) is 0 Å². The highest BCUT2D eigenvalue weighted by Gasteiger charge is 2.36. The highest BCUT2D eigenvalue weighted by atomic mass is 16.5. The van der Waals surface area contributed by atoms with Crippen LogP contribution in [-0.2, 0) is 14.3 Å². The van der Waals surface area contributed by atoms with Crippen molar-refractivity contribution in [3.05, 3.63) is 0 Å². The van der Waals surface area contributed by atoms with Crippen LogP contribution in [0.15, 0.2) is 0 Å². The molecule has 1 saturated heterocycles. The summed E-state index contributed by atoms with van der Waals surface area (Å²) in [5.41, 5.74) is 0. The van der Waals surface area contributed by atoms with Crippen LogP contribution in [0.1, 0.15) is 6.42 Å². The summed E-state index contributed by atoms with van der Waals surface area (Å²) in [6, 6.07) is 0. The number of aliphatic carboxylic acids is 1. The zero-order valence-electron chi connectivity index (χ0n) is 7.45. The van der Waals surface area contributed by atoms with Crippen LogP contribution >= 0.6 is 0 Å². The predicted molar refractivity (Wildman–Crippen MR) is 44.1 cm³/mol. The van der Waals surface area contributed by atoms with E-state index in [2.05, 4.69) is 10.1 Å². The normalized spacial score (nSPS) is 28.1. The van der Waals surface area contributed by atoms with Gasteiger partial charge in [-0.2, -0.15) is 0 Å². The molecule has 1 aliphatic heterocycles. The molecule has 1 aliphatic rings. The molecule has 1 rings (SSSR count). The highest BCUT2D eigenvalue weighted by Crippen LogP contribution is 2.20. The third kappa shape index (κ3) is 2.18. The van der Waals surface area contributed by atoms with Crippen molar-refractivity contribution in [3.63, 3.8) is 0 Å². The molecule has 0 aromatic rings. The molecule has 13 heavy (non-hydrogen) atoms. The van der Waals surface area contributed by atoms with Crippen LogP contribution in [0.5, 0.6) is 0 Å². The molecule has 0 saturated carbocycles. The minimum absolute atomic E-state index is 0.393. The van der Waals surface area contributed by atoms with Crippen molar-refractivity contribution in [1.82, 2.24) is 5.32 Å². The Hall–Kier alpha value is -1.10. The van der Waals surface area contributed by atoms with Gasteiger partial charge in [0.1, 0.15) is 0 Å². The van der Waals surface area contributed by atoms with Gasteiger partial charge in [-0.3, -0.25) is 9.59 Å². The van der Waals surface area contributed by atoms with Crippen LogP contribution in [0.3, 0.4) is 0 Å². The quantitative estimate of drug-likeness (QED) is 0.568. The van der Waals surface area contributed by atoms with Crippen LogP contribution in [0.2, 0.25) is 0 Å². The average molecular weight is 187 g/mol. The fourth-order valence-electron chi connectivity index (χ4n) is 1.55. The smallest absolute Gasteiger partial charge is 0.310 e. The first-order chi connectivity index (χ1) is 6.16. The number of hydrogen-bond donors (Lipinski definition) is 2. The molecule has 2 N–H and O–H groups in total. The zero-order chi connectivity index (χ0) is 9.84. The predicted octanol–water partition coefficient (Wildman–Crippen LogP) is -0.530. The zero-order valence-corrected chi connectivity index (χ0v) is 7.45. The van der Waals surface area contributed by atoms with Crippen molar-refractivity contribution in [3.8, 4) is 0 Å². The Morgan fingerprint density at radius 2 is 2.15 bits per heavy atom. The van der Waals surface area contributed by atoms with E-state index in [0.717, 1.165) is 0 Å². The Morgan fingerprint density at radius 1 is 1.46 bits per heavy atom. The molecule has 5 heteroatoms. The van der Waals surface area contributed by atoms with Crippen molar-refractivity contribution >= 4 is 11.9 Å². The summed E-state index contributed by atoms with van der Waals surface area (Å²) in [5, 5.41) is 11.8. The number of methoxy groups -OCH3 is 1. The maximum absolute atomic E-state index is 11.2. The SMILES string of the molecule is COC(=O)[C@H]1CNCC[C@H]1C(=O)O. The maximum atomic E-state index is 11.2. The number of piperidine rings is 1. The summed E-state index contributed by atoms with van der Waals surface area (Å²) in [4.78, 5) is 21.9. The van der Waals surface area contributed by atoms with Crippen molar-refractivity contribution in [2.45, 2.75) is 6.42 Å². The maximum Gasteiger partial charge on any atom is 0.310 e. The van der Waals surface area contributed by atoms with Crippen LogP contribution < -0.4 is 5.32 Å². The summed E-state index contributed by atoms with van der Waals surface area (Å²) in [6.07, 6.45) is 0.481. The summed E-state index contributed by atoms with van der Waals surface area (Å²) < 4.78 is 4.53. The number of nitrogens with one attached hydrogen (secondary N) is 1. The molecule has 0 bridgehead atoms. The number of rotatable bonds is 2. The van der Waals surface area contributed by atoms with Gasteiger partial charge in [0, 0.05) is 6.54 Å². The van der Waals surface area contributed by atoms with Crippen molar-refractivity contribution in [2.75, 3.05) is 20.2 Å². The van der Waals surface area contributed by atoms with E-state index >= 15 is 0 Å². The third-order valence-corrected chi connectivity index (χ3v) is 2.30. The Kier molecular flexibility index (Phi) is 3.25. The van der Waals surface area contributed by atoms with Gasteiger partial charge in [-0.15, -0.1) is 0 Å². The largest absolute Gasteiger partial charge is 0.481 e. The topological polar surface area (TPSA) is 75.6 Å². The summed E-state index contributed by atoms with van der Waals surface area (Å²) in [6.45, 7) is 1.04. The van der Waals surface area contributed by atoms with Crippen LogP contribution in [-0.4, -0.2) is 37.2 Å². The lowest BCUT2D eigenvalue weighted by Crippen LogP contribution is -2.44. The second kappa shape index (κ2) is 4.23. The summed E-state index contributed by atoms with van der Waals surface area (Å²) in [5.74, 6) is -2.51.